The van der Waals surface area contributed by atoms with Gasteiger partial charge in [-0.3, -0.25) is 4.79 Å². The Labute approximate surface area is 279 Å². The van der Waals surface area contributed by atoms with Crippen LogP contribution in [0.15, 0.2) is 78.9 Å². The molecule has 0 bridgehead atoms. The van der Waals surface area contributed by atoms with E-state index >= 15 is 0 Å². The highest BCUT2D eigenvalue weighted by atomic mass is 16.5. The first-order valence-electron chi connectivity index (χ1n) is 16.9. The zero-order valence-corrected chi connectivity index (χ0v) is 28.1. The highest BCUT2D eigenvalue weighted by Crippen LogP contribution is 2.39. The molecular formula is C38H50N4O5. The molecule has 3 aromatic carbocycles. The first-order valence-corrected chi connectivity index (χ1v) is 16.9. The van der Waals surface area contributed by atoms with Gasteiger partial charge in [-0.2, -0.15) is 0 Å². The molecule has 1 unspecified atom stereocenters. The van der Waals surface area contributed by atoms with Gasteiger partial charge in [0.1, 0.15) is 0 Å². The minimum Gasteiger partial charge on any atom is -0.493 e. The average Bonchev–Trinajstić information content (AvgIpc) is 3.84. The molecule has 0 radical (unpaired) electrons. The summed E-state index contributed by atoms with van der Waals surface area (Å²) in [5.41, 5.74) is 2.63. The highest BCUT2D eigenvalue weighted by molar-refractivity contribution is 5.95. The van der Waals surface area contributed by atoms with Gasteiger partial charge < -0.3 is 35.1 Å². The van der Waals surface area contributed by atoms with Crippen molar-refractivity contribution >= 4 is 11.9 Å². The molecule has 0 spiro atoms. The van der Waals surface area contributed by atoms with E-state index < -0.39 is 0 Å². The molecule has 1 aliphatic carbocycles. The summed E-state index contributed by atoms with van der Waals surface area (Å²) in [6.07, 6.45) is 2.93. The molecule has 252 valence electrons. The summed E-state index contributed by atoms with van der Waals surface area (Å²) in [5, 5.41) is 10.2. The highest BCUT2D eigenvalue weighted by Gasteiger charge is 2.44. The minimum absolute atomic E-state index is 0.00920. The first-order chi connectivity index (χ1) is 22.9. The van der Waals surface area contributed by atoms with E-state index in [0.717, 1.165) is 43.5 Å². The standard InChI is InChI=1S/C38H50N4O5/c1-26(2)42(37(43)30-18-19-33(46-4)34(22-30)47-21-11-20-45-3)25-31-23-39-24-32(31)36(29-16-17-29)41-38(44)40-35(27-12-7-5-8-13-27)28-14-9-6-10-15-28/h5-10,12-15,18-19,22,26,29,31-32,35-36,39H,11,16-17,20-21,23-25H2,1-4H3,(H2,40,41,44)/t31-,32+,36?/m0/s1. The zero-order valence-electron chi connectivity index (χ0n) is 28.1. The van der Waals surface area contributed by atoms with E-state index in [9.17, 15) is 9.59 Å². The number of nitrogens with one attached hydrogen (secondary N) is 3. The molecule has 1 aliphatic heterocycles. The third-order valence-electron chi connectivity index (χ3n) is 9.30. The third-order valence-corrected chi connectivity index (χ3v) is 9.30. The molecule has 2 aliphatic rings. The summed E-state index contributed by atoms with van der Waals surface area (Å²) in [7, 11) is 3.26. The van der Waals surface area contributed by atoms with Crippen LogP contribution in [0.25, 0.3) is 0 Å². The molecule has 3 atom stereocenters. The second-order valence-electron chi connectivity index (χ2n) is 12.9. The van der Waals surface area contributed by atoms with Crippen LogP contribution in [0.5, 0.6) is 11.5 Å². The summed E-state index contributed by atoms with van der Waals surface area (Å²) in [4.78, 5) is 29.6. The van der Waals surface area contributed by atoms with Gasteiger partial charge in [-0.25, -0.2) is 4.79 Å². The lowest BCUT2D eigenvalue weighted by atomic mass is 9.85. The monoisotopic (exact) mass is 642 g/mol. The van der Waals surface area contributed by atoms with Gasteiger partial charge in [-0.05, 0) is 73.8 Å². The number of hydrogen-bond donors (Lipinski definition) is 3. The van der Waals surface area contributed by atoms with Crippen LogP contribution in [-0.2, 0) is 4.74 Å². The molecule has 0 aromatic heterocycles. The van der Waals surface area contributed by atoms with Crippen LogP contribution in [0.3, 0.4) is 0 Å². The molecule has 2 fully saturated rings. The van der Waals surface area contributed by atoms with Crippen LogP contribution in [0.2, 0.25) is 0 Å². The fraction of sp³-hybridized carbons (Fsp3) is 0.474. The summed E-state index contributed by atoms with van der Waals surface area (Å²) in [5.74, 6) is 1.92. The number of rotatable bonds is 16. The van der Waals surface area contributed by atoms with Crippen molar-refractivity contribution in [2.45, 2.75) is 51.2 Å². The molecule has 1 saturated heterocycles. The lowest BCUT2D eigenvalue weighted by Gasteiger charge is -2.35. The Hall–Kier alpha value is -4.08. The average molecular weight is 643 g/mol. The van der Waals surface area contributed by atoms with Crippen molar-refractivity contribution in [2.24, 2.45) is 17.8 Å². The molecule has 1 heterocycles. The molecule has 47 heavy (non-hydrogen) atoms. The SMILES string of the molecule is COCCCOc1cc(C(=O)N(C[C@@H]2CNC[C@H]2C(NC(=O)NC(c2ccccc2)c2ccccc2)C2CC2)C(C)C)ccc1OC. The number of benzene rings is 3. The van der Waals surface area contributed by atoms with Crippen LogP contribution in [0.4, 0.5) is 4.79 Å². The molecule has 5 rings (SSSR count). The second kappa shape index (κ2) is 16.7. The maximum absolute atomic E-state index is 14.0. The topological polar surface area (TPSA) is 101 Å². The molecule has 3 N–H and O–H groups in total. The Morgan fingerprint density at radius 3 is 2.15 bits per heavy atom. The van der Waals surface area contributed by atoms with E-state index in [-0.39, 0.29) is 41.9 Å². The first kappa shape index (κ1) is 34.3. The number of carbonyl (C=O) groups excluding carboxylic acids is 2. The maximum Gasteiger partial charge on any atom is 0.315 e. The smallest absolute Gasteiger partial charge is 0.315 e. The number of nitrogens with zero attached hydrogens (tertiary/aromatic N) is 1. The zero-order chi connectivity index (χ0) is 33.2. The number of methoxy groups -OCH3 is 2. The normalized spacial score (nSPS) is 18.2. The van der Waals surface area contributed by atoms with Crippen molar-refractivity contribution in [3.8, 4) is 11.5 Å². The molecule has 9 nitrogen and oxygen atoms in total. The van der Waals surface area contributed by atoms with Crippen molar-refractivity contribution in [1.29, 1.82) is 0 Å². The summed E-state index contributed by atoms with van der Waals surface area (Å²) < 4.78 is 16.6. The van der Waals surface area contributed by atoms with Crippen LogP contribution >= 0.6 is 0 Å². The molecule has 3 amide bonds. The molecule has 3 aromatic rings. The van der Waals surface area contributed by atoms with Crippen molar-refractivity contribution in [3.05, 3.63) is 95.6 Å². The van der Waals surface area contributed by atoms with Crippen molar-refractivity contribution in [2.75, 3.05) is 47.1 Å². The van der Waals surface area contributed by atoms with Gasteiger partial charge in [0.2, 0.25) is 0 Å². The van der Waals surface area contributed by atoms with E-state index in [1.54, 1.807) is 32.4 Å². The lowest BCUT2D eigenvalue weighted by Crippen LogP contribution is -2.51. The van der Waals surface area contributed by atoms with Crippen LogP contribution in [-0.4, -0.2) is 76.0 Å². The van der Waals surface area contributed by atoms with Gasteiger partial charge in [0.15, 0.2) is 11.5 Å². The molecule has 1 saturated carbocycles. The van der Waals surface area contributed by atoms with Gasteiger partial charge in [-0.15, -0.1) is 0 Å². The quantitative estimate of drug-likeness (QED) is 0.174. The number of carbonyl (C=O) groups is 2. The Kier molecular flexibility index (Phi) is 12.1. The van der Waals surface area contributed by atoms with Gasteiger partial charge in [0.05, 0.1) is 19.8 Å². The van der Waals surface area contributed by atoms with Gasteiger partial charge >= 0.3 is 6.03 Å². The largest absolute Gasteiger partial charge is 0.493 e. The van der Waals surface area contributed by atoms with Crippen molar-refractivity contribution in [1.82, 2.24) is 20.9 Å². The van der Waals surface area contributed by atoms with Crippen LogP contribution in [0.1, 0.15) is 60.6 Å². The Balaban J connectivity index is 1.29. The fourth-order valence-corrected chi connectivity index (χ4v) is 6.63. The van der Waals surface area contributed by atoms with Gasteiger partial charge in [-0.1, -0.05) is 60.7 Å². The van der Waals surface area contributed by atoms with E-state index in [1.807, 2.05) is 65.6 Å². The predicted octanol–water partition coefficient (Wildman–Crippen LogP) is 5.66. The fourth-order valence-electron chi connectivity index (χ4n) is 6.63. The third kappa shape index (κ3) is 9.05. The van der Waals surface area contributed by atoms with Crippen molar-refractivity contribution < 1.29 is 23.8 Å². The Morgan fingerprint density at radius 1 is 0.872 bits per heavy atom. The minimum atomic E-state index is -0.262. The van der Waals surface area contributed by atoms with Gasteiger partial charge in [0, 0.05) is 57.4 Å². The van der Waals surface area contributed by atoms with E-state index in [1.165, 1.54) is 0 Å². The summed E-state index contributed by atoms with van der Waals surface area (Å²) >= 11 is 0. The number of amides is 3. The van der Waals surface area contributed by atoms with Crippen molar-refractivity contribution in [3.63, 3.8) is 0 Å². The Bertz CT molecular complexity index is 1390. The maximum atomic E-state index is 14.0. The molecule has 9 heteroatoms. The van der Waals surface area contributed by atoms with Crippen LogP contribution in [0, 0.1) is 17.8 Å². The predicted molar refractivity (Wildman–Crippen MR) is 184 cm³/mol. The second-order valence-corrected chi connectivity index (χ2v) is 12.9. The number of urea groups is 1. The van der Waals surface area contributed by atoms with E-state index in [0.29, 0.717) is 42.7 Å². The van der Waals surface area contributed by atoms with E-state index in [2.05, 4.69) is 29.8 Å². The molecular weight excluding hydrogens is 592 g/mol. The summed E-state index contributed by atoms with van der Waals surface area (Å²) in [6, 6.07) is 25.1. The van der Waals surface area contributed by atoms with Gasteiger partial charge in [0.25, 0.3) is 5.91 Å². The Morgan fingerprint density at radius 2 is 1.55 bits per heavy atom. The van der Waals surface area contributed by atoms with Crippen LogP contribution < -0.4 is 25.4 Å². The van der Waals surface area contributed by atoms with E-state index in [4.69, 9.17) is 14.2 Å². The summed E-state index contributed by atoms with van der Waals surface area (Å²) in [6.45, 7) is 7.35. The number of ether oxygens (including phenoxy) is 3. The lowest BCUT2D eigenvalue weighted by molar-refractivity contribution is 0.0650. The number of hydrogen-bond acceptors (Lipinski definition) is 6.